The smallest absolute Gasteiger partial charge is 0.419 e. The second kappa shape index (κ2) is 6.99. The van der Waals surface area contributed by atoms with Crippen LogP contribution >= 0.6 is 11.3 Å². The Balaban J connectivity index is 1.98. The fourth-order valence-electron chi connectivity index (χ4n) is 1.84. The van der Waals surface area contributed by atoms with Gasteiger partial charge in [-0.1, -0.05) is 12.1 Å². The number of rotatable bonds is 5. The third-order valence-electron chi connectivity index (χ3n) is 2.95. The monoisotopic (exact) mass is 344 g/mol. The molecule has 0 bridgehead atoms. The van der Waals surface area contributed by atoms with Crippen LogP contribution in [0.3, 0.4) is 0 Å². The molecule has 1 N–H and O–H groups in total. The lowest BCUT2D eigenvalue weighted by molar-refractivity contribution is -0.140. The molecule has 1 unspecified atom stereocenters. The van der Waals surface area contributed by atoms with Crippen LogP contribution in [0.15, 0.2) is 29.6 Å². The van der Waals surface area contributed by atoms with Crippen LogP contribution in [0.2, 0.25) is 0 Å². The van der Waals surface area contributed by atoms with Gasteiger partial charge in [-0.3, -0.25) is 4.79 Å². The molecule has 1 aromatic carbocycles. The molecular formula is C15H15F3N2O2S. The highest BCUT2D eigenvalue weighted by Crippen LogP contribution is 2.36. The molecule has 0 aliphatic rings. The number of carbonyl (C=O) groups excluding carboxylic acids is 1. The van der Waals surface area contributed by atoms with E-state index in [1.54, 1.807) is 0 Å². The maximum atomic E-state index is 12.9. The van der Waals surface area contributed by atoms with E-state index in [9.17, 15) is 18.0 Å². The van der Waals surface area contributed by atoms with Gasteiger partial charge in [-0.2, -0.15) is 13.2 Å². The maximum absolute atomic E-state index is 12.9. The first-order valence-electron chi connectivity index (χ1n) is 6.79. The highest BCUT2D eigenvalue weighted by atomic mass is 32.1. The zero-order valence-corrected chi connectivity index (χ0v) is 13.3. The van der Waals surface area contributed by atoms with E-state index in [0.717, 1.165) is 16.8 Å². The molecule has 0 saturated carbocycles. The molecule has 1 heterocycles. The second-order valence-corrected chi connectivity index (χ2v) is 5.80. The molecule has 1 amide bonds. The molecule has 2 aromatic rings. The fraction of sp³-hybridized carbons (Fsp3) is 0.333. The quantitative estimate of drug-likeness (QED) is 0.902. The Labute approximate surface area is 135 Å². The number of carbonyl (C=O) groups is 1. The van der Waals surface area contributed by atoms with E-state index in [1.807, 2.05) is 12.3 Å². The molecule has 0 spiro atoms. The fourth-order valence-corrected chi connectivity index (χ4v) is 2.55. The summed E-state index contributed by atoms with van der Waals surface area (Å²) in [7, 11) is 0. The number of amides is 1. The predicted octanol–water partition coefficient (Wildman–Crippen LogP) is 3.55. The van der Waals surface area contributed by atoms with Gasteiger partial charge in [0.25, 0.3) is 5.91 Å². The summed E-state index contributed by atoms with van der Waals surface area (Å²) in [4.78, 5) is 16.1. The van der Waals surface area contributed by atoms with Crippen LogP contribution in [-0.4, -0.2) is 17.0 Å². The molecule has 4 nitrogen and oxygen atoms in total. The highest BCUT2D eigenvalue weighted by Gasteiger charge is 2.34. The Bertz CT molecular complexity index is 685. The number of nitrogens with one attached hydrogen (secondary N) is 1. The van der Waals surface area contributed by atoms with Crippen LogP contribution in [0.5, 0.6) is 5.75 Å². The van der Waals surface area contributed by atoms with Crippen molar-refractivity contribution in [1.29, 1.82) is 0 Å². The van der Waals surface area contributed by atoms with Crippen molar-refractivity contribution in [3.8, 4) is 5.75 Å². The minimum atomic E-state index is -4.54. The summed E-state index contributed by atoms with van der Waals surface area (Å²) in [6.45, 7) is 3.45. The van der Waals surface area contributed by atoms with Gasteiger partial charge in [0, 0.05) is 11.1 Å². The number of ether oxygens (including phenoxy) is 1. The number of thiazole rings is 1. The first-order chi connectivity index (χ1) is 10.8. The number of hydrogen-bond acceptors (Lipinski definition) is 4. The SMILES string of the molecule is Cc1csc(CNC(=O)C(C)Oc2ccccc2C(F)(F)F)n1. The van der Waals surface area contributed by atoms with Crippen LogP contribution in [0.25, 0.3) is 0 Å². The molecule has 1 atom stereocenters. The molecule has 0 aliphatic carbocycles. The lowest BCUT2D eigenvalue weighted by Crippen LogP contribution is -2.36. The Kier molecular flexibility index (Phi) is 5.25. The van der Waals surface area contributed by atoms with E-state index in [0.29, 0.717) is 0 Å². The summed E-state index contributed by atoms with van der Waals surface area (Å²) in [5, 5.41) is 5.16. The third-order valence-corrected chi connectivity index (χ3v) is 3.91. The number of benzene rings is 1. The molecule has 1 aromatic heterocycles. The van der Waals surface area contributed by atoms with Crippen LogP contribution < -0.4 is 10.1 Å². The van der Waals surface area contributed by atoms with Gasteiger partial charge in [-0.15, -0.1) is 11.3 Å². The van der Waals surface area contributed by atoms with E-state index in [-0.39, 0.29) is 12.3 Å². The van der Waals surface area contributed by atoms with Gasteiger partial charge in [0.15, 0.2) is 6.10 Å². The summed E-state index contributed by atoms with van der Waals surface area (Å²) >= 11 is 1.40. The first kappa shape index (κ1) is 17.3. The minimum Gasteiger partial charge on any atom is -0.480 e. The minimum absolute atomic E-state index is 0.214. The van der Waals surface area contributed by atoms with E-state index < -0.39 is 23.8 Å². The van der Waals surface area contributed by atoms with Crippen molar-refractivity contribution in [3.05, 3.63) is 45.9 Å². The summed E-state index contributed by atoms with van der Waals surface area (Å²) in [5.41, 5.74) is -0.0575. The zero-order chi connectivity index (χ0) is 17.0. The first-order valence-corrected chi connectivity index (χ1v) is 7.67. The summed E-state index contributed by atoms with van der Waals surface area (Å²) in [5.74, 6) is -0.873. The number of para-hydroxylation sites is 1. The number of aromatic nitrogens is 1. The van der Waals surface area contributed by atoms with Crippen molar-refractivity contribution in [1.82, 2.24) is 10.3 Å². The average Bonchev–Trinajstić information content (AvgIpc) is 2.89. The van der Waals surface area contributed by atoms with Crippen molar-refractivity contribution in [2.45, 2.75) is 32.7 Å². The molecule has 0 radical (unpaired) electrons. The molecule has 0 aliphatic heterocycles. The van der Waals surface area contributed by atoms with Crippen LogP contribution in [0, 0.1) is 6.92 Å². The Morgan fingerprint density at radius 1 is 1.39 bits per heavy atom. The summed E-state index contributed by atoms with van der Waals surface area (Å²) in [6, 6.07) is 4.80. The molecular weight excluding hydrogens is 329 g/mol. The summed E-state index contributed by atoms with van der Waals surface area (Å²) in [6.07, 6.45) is -5.59. The highest BCUT2D eigenvalue weighted by molar-refractivity contribution is 7.09. The normalized spacial score (nSPS) is 12.7. The van der Waals surface area contributed by atoms with Gasteiger partial charge in [-0.25, -0.2) is 4.98 Å². The van der Waals surface area contributed by atoms with Gasteiger partial charge in [0.1, 0.15) is 10.8 Å². The third kappa shape index (κ3) is 4.69. The standard InChI is InChI=1S/C15H15F3N2O2S/c1-9-8-23-13(20-9)7-19-14(21)10(2)22-12-6-4-3-5-11(12)15(16,17)18/h3-6,8,10H,7H2,1-2H3,(H,19,21). The predicted molar refractivity (Wildman–Crippen MR) is 80.2 cm³/mol. The number of alkyl halides is 3. The van der Waals surface area contributed by atoms with E-state index >= 15 is 0 Å². The van der Waals surface area contributed by atoms with Crippen molar-refractivity contribution in [2.24, 2.45) is 0 Å². The van der Waals surface area contributed by atoms with Crippen LogP contribution in [0.4, 0.5) is 13.2 Å². The lowest BCUT2D eigenvalue weighted by atomic mass is 10.2. The van der Waals surface area contributed by atoms with Crippen molar-refractivity contribution in [3.63, 3.8) is 0 Å². The molecule has 0 saturated heterocycles. The average molecular weight is 344 g/mol. The maximum Gasteiger partial charge on any atom is 0.419 e. The zero-order valence-electron chi connectivity index (χ0n) is 12.5. The van der Waals surface area contributed by atoms with Crippen LogP contribution in [0.1, 0.15) is 23.2 Å². The molecule has 124 valence electrons. The van der Waals surface area contributed by atoms with Gasteiger partial charge < -0.3 is 10.1 Å². The molecule has 0 fully saturated rings. The Morgan fingerprint density at radius 3 is 2.70 bits per heavy atom. The van der Waals surface area contributed by atoms with Crippen LogP contribution in [-0.2, 0) is 17.5 Å². The second-order valence-electron chi connectivity index (χ2n) is 4.85. The Hall–Kier alpha value is -2.09. The molecule has 2 rings (SSSR count). The largest absolute Gasteiger partial charge is 0.480 e. The van der Waals surface area contributed by atoms with Gasteiger partial charge >= 0.3 is 6.18 Å². The number of aryl methyl sites for hydroxylation is 1. The van der Waals surface area contributed by atoms with Gasteiger partial charge in [0.2, 0.25) is 0 Å². The van der Waals surface area contributed by atoms with E-state index in [4.69, 9.17) is 4.74 Å². The van der Waals surface area contributed by atoms with Crippen molar-refractivity contribution < 1.29 is 22.7 Å². The van der Waals surface area contributed by atoms with Crippen molar-refractivity contribution >= 4 is 17.2 Å². The van der Waals surface area contributed by atoms with E-state index in [2.05, 4.69) is 10.3 Å². The Morgan fingerprint density at radius 2 is 2.09 bits per heavy atom. The topological polar surface area (TPSA) is 51.2 Å². The van der Waals surface area contributed by atoms with Gasteiger partial charge in [-0.05, 0) is 26.0 Å². The van der Waals surface area contributed by atoms with Gasteiger partial charge in [0.05, 0.1) is 12.1 Å². The molecule has 8 heteroatoms. The summed E-state index contributed by atoms with van der Waals surface area (Å²) < 4.78 is 43.8. The van der Waals surface area contributed by atoms with E-state index in [1.165, 1.54) is 36.5 Å². The number of nitrogens with zero attached hydrogens (tertiary/aromatic N) is 1. The molecule has 23 heavy (non-hydrogen) atoms. The lowest BCUT2D eigenvalue weighted by Gasteiger charge is -2.18. The number of hydrogen-bond donors (Lipinski definition) is 1. The van der Waals surface area contributed by atoms with Crippen molar-refractivity contribution in [2.75, 3.05) is 0 Å². The number of halogens is 3.